The van der Waals surface area contributed by atoms with Gasteiger partial charge in [0.15, 0.2) is 5.11 Å². The number of carbonyl (C=O) groups excluding carboxylic acids is 1. The lowest BCUT2D eigenvalue weighted by Crippen LogP contribution is -2.47. The van der Waals surface area contributed by atoms with Gasteiger partial charge in [-0.25, -0.2) is 4.79 Å². The van der Waals surface area contributed by atoms with Gasteiger partial charge in [0, 0.05) is 17.9 Å². The van der Waals surface area contributed by atoms with Crippen LogP contribution in [0.4, 0.5) is 5.69 Å². The van der Waals surface area contributed by atoms with Gasteiger partial charge in [0.1, 0.15) is 0 Å². The Labute approximate surface area is 142 Å². The SMILES string of the molecule is CCN1C(=S)N[C@H](c2cccc(N)c2)C(C(=O)OC(C)C)=C1C. The highest BCUT2D eigenvalue weighted by Gasteiger charge is 2.34. The molecule has 0 saturated heterocycles. The Morgan fingerprint density at radius 2 is 2.17 bits per heavy atom. The molecule has 0 spiro atoms. The van der Waals surface area contributed by atoms with E-state index in [1.165, 1.54) is 0 Å². The minimum atomic E-state index is -0.361. The van der Waals surface area contributed by atoms with Crippen molar-refractivity contribution in [2.75, 3.05) is 12.3 Å². The van der Waals surface area contributed by atoms with Gasteiger partial charge in [0.05, 0.1) is 17.7 Å². The number of nitrogen functional groups attached to an aromatic ring is 1. The average Bonchev–Trinajstić information content (AvgIpc) is 2.46. The van der Waals surface area contributed by atoms with E-state index in [4.69, 9.17) is 22.7 Å². The zero-order valence-corrected chi connectivity index (χ0v) is 14.7. The van der Waals surface area contributed by atoms with Crippen LogP contribution < -0.4 is 11.1 Å². The molecule has 0 fully saturated rings. The summed E-state index contributed by atoms with van der Waals surface area (Å²) in [4.78, 5) is 14.5. The third kappa shape index (κ3) is 3.64. The number of nitrogens with two attached hydrogens (primary N) is 1. The first kappa shape index (κ1) is 17.3. The molecule has 2 rings (SSSR count). The molecule has 0 aromatic heterocycles. The maximum absolute atomic E-state index is 12.6. The van der Waals surface area contributed by atoms with Crippen LogP contribution in [0.1, 0.15) is 39.3 Å². The van der Waals surface area contributed by atoms with E-state index in [0.29, 0.717) is 22.9 Å². The first-order valence-electron chi connectivity index (χ1n) is 7.70. The predicted molar refractivity (Wildman–Crippen MR) is 95.6 cm³/mol. The number of anilines is 1. The van der Waals surface area contributed by atoms with Gasteiger partial charge in [-0.05, 0) is 57.6 Å². The van der Waals surface area contributed by atoms with Crippen LogP contribution in [-0.4, -0.2) is 28.6 Å². The monoisotopic (exact) mass is 333 g/mol. The molecular weight excluding hydrogens is 310 g/mol. The summed E-state index contributed by atoms with van der Waals surface area (Å²) >= 11 is 5.44. The van der Waals surface area contributed by atoms with Gasteiger partial charge in [-0.15, -0.1) is 0 Å². The molecule has 1 heterocycles. The standard InChI is InChI=1S/C17H23N3O2S/c1-5-20-11(4)14(16(21)22-10(2)3)15(19-17(20)23)12-7-6-8-13(18)9-12/h6-10,15H,5,18H2,1-4H3,(H,19,23)/t15-/m1/s1. The number of esters is 1. The van der Waals surface area contributed by atoms with E-state index < -0.39 is 0 Å². The maximum Gasteiger partial charge on any atom is 0.338 e. The number of nitrogens with zero attached hydrogens (tertiary/aromatic N) is 1. The second-order valence-electron chi connectivity index (χ2n) is 5.75. The van der Waals surface area contributed by atoms with E-state index in [-0.39, 0.29) is 18.1 Å². The summed E-state index contributed by atoms with van der Waals surface area (Å²) in [5.74, 6) is -0.335. The number of allylic oxidation sites excluding steroid dienone is 1. The molecule has 1 aromatic carbocycles. The molecule has 0 amide bonds. The van der Waals surface area contributed by atoms with E-state index in [1.54, 1.807) is 0 Å². The lowest BCUT2D eigenvalue weighted by Gasteiger charge is -2.37. The van der Waals surface area contributed by atoms with Gasteiger partial charge in [-0.1, -0.05) is 12.1 Å². The molecule has 1 atom stereocenters. The van der Waals surface area contributed by atoms with Crippen LogP contribution in [0.2, 0.25) is 0 Å². The molecule has 0 aliphatic carbocycles. The topological polar surface area (TPSA) is 67.6 Å². The van der Waals surface area contributed by atoms with Crippen LogP contribution in [0.3, 0.4) is 0 Å². The molecule has 1 aliphatic rings. The molecule has 0 saturated carbocycles. The number of carbonyl (C=O) groups is 1. The van der Waals surface area contributed by atoms with Crippen molar-refractivity contribution in [1.29, 1.82) is 0 Å². The van der Waals surface area contributed by atoms with E-state index in [2.05, 4.69) is 5.32 Å². The third-order valence-electron chi connectivity index (χ3n) is 3.72. The lowest BCUT2D eigenvalue weighted by molar-refractivity contribution is -0.143. The summed E-state index contributed by atoms with van der Waals surface area (Å²) in [6.45, 7) is 8.24. The molecule has 124 valence electrons. The van der Waals surface area contributed by atoms with Gasteiger partial charge >= 0.3 is 5.97 Å². The molecule has 0 bridgehead atoms. The summed E-state index contributed by atoms with van der Waals surface area (Å²) in [6.07, 6.45) is -0.187. The normalized spacial score (nSPS) is 18.2. The average molecular weight is 333 g/mol. The summed E-state index contributed by atoms with van der Waals surface area (Å²) < 4.78 is 5.43. The number of nitrogens with one attached hydrogen (secondary N) is 1. The fourth-order valence-electron chi connectivity index (χ4n) is 2.69. The van der Waals surface area contributed by atoms with Crippen molar-refractivity contribution in [3.05, 3.63) is 41.1 Å². The third-order valence-corrected chi connectivity index (χ3v) is 4.06. The largest absolute Gasteiger partial charge is 0.459 e. The Morgan fingerprint density at radius 3 is 2.74 bits per heavy atom. The van der Waals surface area contributed by atoms with Crippen LogP contribution in [0.15, 0.2) is 35.5 Å². The molecular formula is C17H23N3O2S. The first-order valence-corrected chi connectivity index (χ1v) is 8.11. The van der Waals surface area contributed by atoms with Crippen molar-refractivity contribution in [2.45, 2.75) is 39.8 Å². The van der Waals surface area contributed by atoms with Gasteiger partial charge in [-0.2, -0.15) is 0 Å². The minimum Gasteiger partial charge on any atom is -0.459 e. The smallest absolute Gasteiger partial charge is 0.338 e. The summed E-state index contributed by atoms with van der Waals surface area (Å²) in [5, 5.41) is 3.83. The second-order valence-corrected chi connectivity index (χ2v) is 6.14. The Bertz CT molecular complexity index is 655. The van der Waals surface area contributed by atoms with E-state index in [9.17, 15) is 4.79 Å². The molecule has 1 aromatic rings. The van der Waals surface area contributed by atoms with Gasteiger partial charge in [0.25, 0.3) is 0 Å². The van der Waals surface area contributed by atoms with Crippen molar-refractivity contribution >= 4 is 29.0 Å². The molecule has 1 aliphatic heterocycles. The van der Waals surface area contributed by atoms with E-state index in [1.807, 2.05) is 56.9 Å². The van der Waals surface area contributed by atoms with E-state index >= 15 is 0 Å². The van der Waals surface area contributed by atoms with Crippen molar-refractivity contribution in [2.24, 2.45) is 0 Å². The van der Waals surface area contributed by atoms with Crippen LogP contribution in [0, 0.1) is 0 Å². The Hall–Kier alpha value is -2.08. The second kappa shape index (κ2) is 7.00. The Morgan fingerprint density at radius 1 is 1.48 bits per heavy atom. The van der Waals surface area contributed by atoms with Crippen LogP contribution in [0.25, 0.3) is 0 Å². The maximum atomic E-state index is 12.6. The fraction of sp³-hybridized carbons (Fsp3) is 0.412. The van der Waals surface area contributed by atoms with Crippen molar-refractivity contribution in [3.8, 4) is 0 Å². The molecule has 5 nitrogen and oxygen atoms in total. The van der Waals surface area contributed by atoms with Crippen molar-refractivity contribution in [1.82, 2.24) is 10.2 Å². The number of benzene rings is 1. The van der Waals surface area contributed by atoms with Gasteiger partial charge < -0.3 is 20.7 Å². The van der Waals surface area contributed by atoms with Crippen LogP contribution in [-0.2, 0) is 9.53 Å². The first-order chi connectivity index (χ1) is 10.8. The highest BCUT2D eigenvalue weighted by molar-refractivity contribution is 7.80. The van der Waals surface area contributed by atoms with Crippen LogP contribution in [0.5, 0.6) is 0 Å². The quantitative estimate of drug-likeness (QED) is 0.502. The number of hydrogen-bond acceptors (Lipinski definition) is 4. The highest BCUT2D eigenvalue weighted by Crippen LogP contribution is 2.32. The molecule has 23 heavy (non-hydrogen) atoms. The summed E-state index contributed by atoms with van der Waals surface area (Å²) in [5.41, 5.74) is 8.80. The van der Waals surface area contributed by atoms with Crippen molar-refractivity contribution < 1.29 is 9.53 Å². The van der Waals surface area contributed by atoms with E-state index in [0.717, 1.165) is 11.3 Å². The van der Waals surface area contributed by atoms with Gasteiger partial charge in [0.2, 0.25) is 0 Å². The van der Waals surface area contributed by atoms with Crippen LogP contribution >= 0.6 is 12.2 Å². The number of thiocarbonyl (C=S) groups is 1. The lowest BCUT2D eigenvalue weighted by atomic mass is 9.94. The number of rotatable bonds is 4. The predicted octanol–water partition coefficient (Wildman–Crippen LogP) is 2.75. The number of hydrogen-bond donors (Lipinski definition) is 2. The van der Waals surface area contributed by atoms with Gasteiger partial charge in [-0.3, -0.25) is 0 Å². The summed E-state index contributed by atoms with van der Waals surface area (Å²) in [6, 6.07) is 7.08. The fourth-order valence-corrected chi connectivity index (χ4v) is 3.08. The Balaban J connectivity index is 2.52. The molecule has 6 heteroatoms. The number of ether oxygens (including phenoxy) is 1. The molecule has 0 radical (unpaired) electrons. The van der Waals surface area contributed by atoms with Crippen molar-refractivity contribution in [3.63, 3.8) is 0 Å². The zero-order chi connectivity index (χ0) is 17.1. The Kier molecular flexibility index (Phi) is 5.26. The zero-order valence-electron chi connectivity index (χ0n) is 13.9. The molecule has 0 unspecified atom stereocenters. The molecule has 3 N–H and O–H groups in total. The highest BCUT2D eigenvalue weighted by atomic mass is 32.1. The minimum absolute atomic E-state index is 0.187. The summed E-state index contributed by atoms with van der Waals surface area (Å²) in [7, 11) is 0.